The van der Waals surface area contributed by atoms with E-state index in [1.807, 2.05) is 101 Å². The minimum absolute atomic E-state index is 0.0119. The van der Waals surface area contributed by atoms with Crippen LogP contribution < -0.4 is 9.80 Å². The number of nitrogens with zero attached hydrogens (tertiary/aromatic N) is 3. The summed E-state index contributed by atoms with van der Waals surface area (Å²) in [7, 11) is 0. The van der Waals surface area contributed by atoms with E-state index in [0.717, 1.165) is 46.1 Å². The summed E-state index contributed by atoms with van der Waals surface area (Å²) in [6.07, 6.45) is 1.94. The Morgan fingerprint density at radius 3 is 2.37 bits per heavy atom. The zero-order valence-corrected chi connectivity index (χ0v) is 24.4. The van der Waals surface area contributed by atoms with Gasteiger partial charge in [-0.2, -0.15) is 0 Å². The van der Waals surface area contributed by atoms with Crippen LogP contribution in [0.15, 0.2) is 107 Å². The van der Waals surface area contributed by atoms with E-state index in [2.05, 4.69) is 24.0 Å². The van der Waals surface area contributed by atoms with Crippen LogP contribution in [0.2, 0.25) is 5.02 Å². The Morgan fingerprint density at radius 2 is 1.63 bits per heavy atom. The summed E-state index contributed by atoms with van der Waals surface area (Å²) in [5.74, 6) is -0.0730. The number of piperazine rings is 1. The molecule has 1 fully saturated rings. The van der Waals surface area contributed by atoms with Crippen LogP contribution in [0.5, 0.6) is 0 Å². The molecule has 2 amide bonds. The normalized spacial score (nSPS) is 16.2. The standard InChI is InChI=1S/C34H30ClN3O2S/c1-24-6-5-9-26(20-24)23-38-30-22-27(10-15-31(30)41-32(34(38)40)21-25-7-3-2-4-8-25)33(39)37-18-16-36(17-19-37)29-13-11-28(35)12-14-29/h2-15,20-22H,16-19,23H2,1H3. The molecule has 41 heavy (non-hydrogen) atoms. The monoisotopic (exact) mass is 579 g/mol. The van der Waals surface area contributed by atoms with Crippen LogP contribution in [-0.2, 0) is 11.3 Å². The van der Waals surface area contributed by atoms with Crippen molar-refractivity contribution < 1.29 is 9.59 Å². The quantitative estimate of drug-likeness (QED) is 0.233. The summed E-state index contributed by atoms with van der Waals surface area (Å²) in [5.41, 5.74) is 5.65. The van der Waals surface area contributed by atoms with Crippen molar-refractivity contribution in [3.63, 3.8) is 0 Å². The third kappa shape index (κ3) is 6.04. The molecule has 0 atom stereocenters. The first-order chi connectivity index (χ1) is 19.9. The highest BCUT2D eigenvalue weighted by Gasteiger charge is 2.31. The maximum atomic E-state index is 13.9. The molecule has 0 unspecified atom stereocenters. The fraction of sp³-hybridized carbons (Fsp3) is 0.176. The number of fused-ring (bicyclic) bond motifs is 1. The van der Waals surface area contributed by atoms with Gasteiger partial charge in [-0.05, 0) is 66.6 Å². The fourth-order valence-electron chi connectivity index (χ4n) is 5.30. The zero-order valence-electron chi connectivity index (χ0n) is 22.8. The second-order valence-electron chi connectivity index (χ2n) is 10.3. The van der Waals surface area contributed by atoms with Crippen molar-refractivity contribution >= 4 is 52.6 Å². The van der Waals surface area contributed by atoms with Crippen molar-refractivity contribution in [3.8, 4) is 0 Å². The molecule has 0 bridgehead atoms. The lowest BCUT2D eigenvalue weighted by molar-refractivity contribution is -0.114. The van der Waals surface area contributed by atoms with Gasteiger partial charge in [0, 0.05) is 47.3 Å². The number of thioether (sulfide) groups is 1. The number of halogens is 1. The first-order valence-electron chi connectivity index (χ1n) is 13.7. The lowest BCUT2D eigenvalue weighted by Gasteiger charge is -2.36. The van der Waals surface area contributed by atoms with Gasteiger partial charge in [0.1, 0.15) is 0 Å². The summed E-state index contributed by atoms with van der Waals surface area (Å²) in [5, 5.41) is 0.714. The highest BCUT2D eigenvalue weighted by molar-refractivity contribution is 8.04. The zero-order chi connectivity index (χ0) is 28.3. The first kappa shape index (κ1) is 27.2. The van der Waals surface area contributed by atoms with Gasteiger partial charge in [-0.15, -0.1) is 0 Å². The second kappa shape index (κ2) is 11.9. The molecule has 0 radical (unpaired) electrons. The Kier molecular flexibility index (Phi) is 7.86. The molecule has 0 spiro atoms. The maximum absolute atomic E-state index is 13.9. The van der Waals surface area contributed by atoms with Crippen LogP contribution in [0.4, 0.5) is 11.4 Å². The van der Waals surface area contributed by atoms with Gasteiger partial charge in [-0.3, -0.25) is 9.59 Å². The molecule has 6 rings (SSSR count). The lowest BCUT2D eigenvalue weighted by Crippen LogP contribution is -2.48. The van der Waals surface area contributed by atoms with Crippen LogP contribution in [0.3, 0.4) is 0 Å². The summed E-state index contributed by atoms with van der Waals surface area (Å²) >= 11 is 7.51. The number of carbonyl (C=O) groups excluding carboxylic acids is 2. The molecular formula is C34H30ClN3O2S. The summed E-state index contributed by atoms with van der Waals surface area (Å²) in [6.45, 7) is 5.24. The van der Waals surface area contributed by atoms with Gasteiger partial charge in [0.15, 0.2) is 0 Å². The molecule has 0 N–H and O–H groups in total. The number of aryl methyl sites for hydroxylation is 1. The molecule has 0 aliphatic carbocycles. The van der Waals surface area contributed by atoms with Crippen LogP contribution >= 0.6 is 23.4 Å². The largest absolute Gasteiger partial charge is 0.368 e. The van der Waals surface area contributed by atoms with E-state index >= 15 is 0 Å². The van der Waals surface area contributed by atoms with Crippen molar-refractivity contribution in [2.45, 2.75) is 18.4 Å². The highest BCUT2D eigenvalue weighted by Crippen LogP contribution is 2.43. The smallest absolute Gasteiger partial charge is 0.265 e. The molecule has 2 aliphatic rings. The van der Waals surface area contributed by atoms with Crippen molar-refractivity contribution in [1.82, 2.24) is 4.90 Å². The van der Waals surface area contributed by atoms with Crippen LogP contribution in [-0.4, -0.2) is 42.9 Å². The Labute approximate surface area is 250 Å². The SMILES string of the molecule is Cc1cccc(CN2C(=O)C(=Cc3ccccc3)Sc3ccc(C(=O)N4CCN(c5ccc(Cl)cc5)CC4)cc32)c1. The summed E-state index contributed by atoms with van der Waals surface area (Å²) in [4.78, 5) is 35.1. The Hall–Kier alpha value is -4.00. The topological polar surface area (TPSA) is 43.9 Å². The number of hydrogen-bond donors (Lipinski definition) is 0. The number of amides is 2. The van der Waals surface area contributed by atoms with Crippen molar-refractivity contribution in [2.24, 2.45) is 0 Å². The number of rotatable bonds is 5. The van der Waals surface area contributed by atoms with Gasteiger partial charge in [-0.25, -0.2) is 0 Å². The van der Waals surface area contributed by atoms with Gasteiger partial charge in [0.2, 0.25) is 0 Å². The molecule has 0 saturated carbocycles. The number of benzene rings is 4. The molecule has 2 heterocycles. The second-order valence-corrected chi connectivity index (χ2v) is 11.9. The predicted molar refractivity (Wildman–Crippen MR) is 169 cm³/mol. The molecule has 0 aromatic heterocycles. The van der Waals surface area contributed by atoms with Crippen molar-refractivity contribution in [2.75, 3.05) is 36.0 Å². The van der Waals surface area contributed by atoms with Crippen LogP contribution in [0.1, 0.15) is 27.0 Å². The van der Waals surface area contributed by atoms with Gasteiger partial charge in [0.25, 0.3) is 11.8 Å². The lowest BCUT2D eigenvalue weighted by atomic mass is 10.1. The molecule has 2 aliphatic heterocycles. The highest BCUT2D eigenvalue weighted by atomic mass is 35.5. The average molecular weight is 580 g/mol. The van der Waals surface area contributed by atoms with Gasteiger partial charge in [-0.1, -0.05) is 83.5 Å². The Morgan fingerprint density at radius 1 is 0.878 bits per heavy atom. The number of anilines is 2. The van der Waals surface area contributed by atoms with E-state index in [4.69, 9.17) is 11.6 Å². The van der Waals surface area contributed by atoms with Gasteiger partial charge in [0.05, 0.1) is 17.1 Å². The fourth-order valence-corrected chi connectivity index (χ4v) is 6.46. The summed E-state index contributed by atoms with van der Waals surface area (Å²) < 4.78 is 0. The maximum Gasteiger partial charge on any atom is 0.265 e. The molecule has 4 aromatic carbocycles. The van der Waals surface area contributed by atoms with E-state index in [1.165, 1.54) is 11.8 Å². The van der Waals surface area contributed by atoms with Crippen molar-refractivity contribution in [1.29, 1.82) is 0 Å². The van der Waals surface area contributed by atoms with E-state index < -0.39 is 0 Å². The number of hydrogen-bond acceptors (Lipinski definition) is 4. The minimum atomic E-state index is -0.0611. The Bertz CT molecular complexity index is 1610. The molecule has 4 aromatic rings. The number of carbonyl (C=O) groups is 2. The molecule has 7 heteroatoms. The van der Waals surface area contributed by atoms with E-state index in [-0.39, 0.29) is 11.8 Å². The van der Waals surface area contributed by atoms with Gasteiger partial charge >= 0.3 is 0 Å². The molecule has 5 nitrogen and oxygen atoms in total. The average Bonchev–Trinajstić information content (AvgIpc) is 3.00. The van der Waals surface area contributed by atoms with Crippen LogP contribution in [0.25, 0.3) is 6.08 Å². The molecule has 1 saturated heterocycles. The van der Waals surface area contributed by atoms with E-state index in [0.29, 0.717) is 35.1 Å². The molecule has 206 valence electrons. The van der Waals surface area contributed by atoms with Crippen LogP contribution in [0, 0.1) is 6.92 Å². The summed E-state index contributed by atoms with van der Waals surface area (Å²) in [6, 6.07) is 31.7. The van der Waals surface area contributed by atoms with Crippen molar-refractivity contribution in [3.05, 3.63) is 129 Å². The minimum Gasteiger partial charge on any atom is -0.368 e. The molecular weight excluding hydrogens is 550 g/mol. The third-order valence-electron chi connectivity index (χ3n) is 7.45. The van der Waals surface area contributed by atoms with E-state index in [9.17, 15) is 9.59 Å². The van der Waals surface area contributed by atoms with E-state index in [1.54, 1.807) is 0 Å². The Balaban J connectivity index is 1.27. The first-order valence-corrected chi connectivity index (χ1v) is 14.9. The van der Waals surface area contributed by atoms with Gasteiger partial charge < -0.3 is 14.7 Å². The third-order valence-corrected chi connectivity index (χ3v) is 8.78. The predicted octanol–water partition coefficient (Wildman–Crippen LogP) is 7.29.